The Balaban J connectivity index is 1.93. The summed E-state index contributed by atoms with van der Waals surface area (Å²) >= 11 is 9.40. The van der Waals surface area contributed by atoms with Crippen molar-refractivity contribution in [3.05, 3.63) is 57.0 Å². The van der Waals surface area contributed by atoms with Crippen LogP contribution in [0.15, 0.2) is 40.9 Å². The Hall–Kier alpha value is -1.52. The molecule has 0 aliphatic rings. The largest absolute Gasteiger partial charge is 0.482 e. The average molecular weight is 370 g/mol. The van der Waals surface area contributed by atoms with E-state index in [0.29, 0.717) is 16.5 Å². The second-order valence-electron chi connectivity index (χ2n) is 4.59. The smallest absolute Gasteiger partial charge is 0.349 e. The standard InChI is InChI=1S/C16H14BrClO3/c1-10-7-14(8-11(2)16(10)18)20-9-15(19)21-13-5-3-12(17)4-6-13/h3-8H,9H2,1-2H3. The van der Waals surface area contributed by atoms with Crippen LogP contribution in [-0.4, -0.2) is 12.6 Å². The number of halogens is 2. The summed E-state index contributed by atoms with van der Waals surface area (Å²) in [6.45, 7) is 3.63. The van der Waals surface area contributed by atoms with Gasteiger partial charge < -0.3 is 9.47 Å². The number of aryl methyl sites for hydroxylation is 2. The minimum atomic E-state index is -0.456. The third-order valence-corrected chi connectivity index (χ3v) is 3.94. The van der Waals surface area contributed by atoms with E-state index in [1.165, 1.54) is 0 Å². The molecule has 0 amide bonds. The summed E-state index contributed by atoms with van der Waals surface area (Å²) in [6, 6.07) is 10.6. The molecule has 2 aromatic carbocycles. The first kappa shape index (κ1) is 15.9. The summed E-state index contributed by atoms with van der Waals surface area (Å²) in [6.07, 6.45) is 0. The minimum Gasteiger partial charge on any atom is -0.482 e. The van der Waals surface area contributed by atoms with Gasteiger partial charge in [0.05, 0.1) is 0 Å². The highest BCUT2D eigenvalue weighted by Crippen LogP contribution is 2.25. The monoisotopic (exact) mass is 368 g/mol. The van der Waals surface area contributed by atoms with E-state index >= 15 is 0 Å². The minimum absolute atomic E-state index is 0.156. The molecule has 110 valence electrons. The molecule has 0 fully saturated rings. The second kappa shape index (κ2) is 6.96. The van der Waals surface area contributed by atoms with Gasteiger partial charge in [0, 0.05) is 9.50 Å². The van der Waals surface area contributed by atoms with Crippen LogP contribution in [0.4, 0.5) is 0 Å². The van der Waals surface area contributed by atoms with Crippen LogP contribution in [0.2, 0.25) is 5.02 Å². The molecule has 0 N–H and O–H groups in total. The fourth-order valence-electron chi connectivity index (χ4n) is 1.80. The highest BCUT2D eigenvalue weighted by atomic mass is 79.9. The van der Waals surface area contributed by atoms with Gasteiger partial charge in [-0.25, -0.2) is 4.79 Å². The molecule has 0 radical (unpaired) electrons. The molecule has 3 nitrogen and oxygen atoms in total. The van der Waals surface area contributed by atoms with Gasteiger partial charge in [-0.05, 0) is 61.4 Å². The van der Waals surface area contributed by atoms with Crippen LogP contribution in [0.1, 0.15) is 11.1 Å². The summed E-state index contributed by atoms with van der Waals surface area (Å²) in [5.74, 6) is 0.625. The molecule has 5 heteroatoms. The maximum atomic E-state index is 11.7. The predicted octanol–water partition coefficient (Wildman–Crippen LogP) is 4.70. The van der Waals surface area contributed by atoms with E-state index in [4.69, 9.17) is 21.1 Å². The molecule has 0 bridgehead atoms. The number of esters is 1. The molecule has 0 aliphatic carbocycles. The Morgan fingerprint density at radius 2 is 1.67 bits per heavy atom. The lowest BCUT2D eigenvalue weighted by Crippen LogP contribution is -2.17. The van der Waals surface area contributed by atoms with Gasteiger partial charge in [-0.15, -0.1) is 0 Å². The Morgan fingerprint density at radius 1 is 1.10 bits per heavy atom. The number of carbonyl (C=O) groups excluding carboxylic acids is 1. The molecule has 0 spiro atoms. The summed E-state index contributed by atoms with van der Waals surface area (Å²) in [7, 11) is 0. The number of hydrogen-bond donors (Lipinski definition) is 0. The highest BCUT2D eigenvalue weighted by Gasteiger charge is 2.08. The van der Waals surface area contributed by atoms with Crippen LogP contribution in [0.25, 0.3) is 0 Å². The Kier molecular flexibility index (Phi) is 5.26. The maximum absolute atomic E-state index is 11.7. The van der Waals surface area contributed by atoms with Crippen molar-refractivity contribution in [3.63, 3.8) is 0 Å². The van der Waals surface area contributed by atoms with E-state index in [1.54, 1.807) is 36.4 Å². The lowest BCUT2D eigenvalue weighted by atomic mass is 10.1. The van der Waals surface area contributed by atoms with Crippen molar-refractivity contribution in [1.29, 1.82) is 0 Å². The predicted molar refractivity (Wildman–Crippen MR) is 86.2 cm³/mol. The molecular formula is C16H14BrClO3. The van der Waals surface area contributed by atoms with E-state index in [9.17, 15) is 4.79 Å². The van der Waals surface area contributed by atoms with E-state index < -0.39 is 5.97 Å². The fourth-order valence-corrected chi connectivity index (χ4v) is 2.17. The van der Waals surface area contributed by atoms with Crippen LogP contribution < -0.4 is 9.47 Å². The van der Waals surface area contributed by atoms with E-state index in [0.717, 1.165) is 15.6 Å². The zero-order chi connectivity index (χ0) is 15.4. The molecule has 2 aromatic rings. The van der Waals surface area contributed by atoms with Crippen LogP contribution in [0, 0.1) is 13.8 Å². The first-order valence-corrected chi connectivity index (χ1v) is 7.48. The molecular weight excluding hydrogens is 356 g/mol. The number of hydrogen-bond acceptors (Lipinski definition) is 3. The van der Waals surface area contributed by atoms with E-state index in [1.807, 2.05) is 13.8 Å². The van der Waals surface area contributed by atoms with Crippen molar-refractivity contribution >= 4 is 33.5 Å². The van der Waals surface area contributed by atoms with Gasteiger partial charge in [0.2, 0.25) is 0 Å². The third kappa shape index (κ3) is 4.48. The molecule has 0 aromatic heterocycles. The maximum Gasteiger partial charge on any atom is 0.349 e. The van der Waals surface area contributed by atoms with Crippen LogP contribution in [-0.2, 0) is 4.79 Å². The number of rotatable bonds is 4. The lowest BCUT2D eigenvalue weighted by Gasteiger charge is -2.10. The highest BCUT2D eigenvalue weighted by molar-refractivity contribution is 9.10. The van der Waals surface area contributed by atoms with Crippen molar-refractivity contribution < 1.29 is 14.3 Å². The van der Waals surface area contributed by atoms with Crippen molar-refractivity contribution in [3.8, 4) is 11.5 Å². The Bertz CT molecular complexity index is 630. The van der Waals surface area contributed by atoms with Gasteiger partial charge in [0.25, 0.3) is 0 Å². The molecule has 0 heterocycles. The first-order valence-electron chi connectivity index (χ1n) is 6.31. The van der Waals surface area contributed by atoms with Gasteiger partial charge in [-0.3, -0.25) is 0 Å². The summed E-state index contributed by atoms with van der Waals surface area (Å²) in [5.41, 5.74) is 1.82. The van der Waals surface area contributed by atoms with E-state index in [2.05, 4.69) is 15.9 Å². The van der Waals surface area contributed by atoms with Gasteiger partial charge in [0.15, 0.2) is 6.61 Å². The molecule has 0 atom stereocenters. The third-order valence-electron chi connectivity index (χ3n) is 2.81. The molecule has 2 rings (SSSR count). The van der Waals surface area contributed by atoms with Gasteiger partial charge >= 0.3 is 5.97 Å². The molecule has 21 heavy (non-hydrogen) atoms. The second-order valence-corrected chi connectivity index (χ2v) is 5.88. The number of benzene rings is 2. The quantitative estimate of drug-likeness (QED) is 0.578. The van der Waals surface area contributed by atoms with Gasteiger partial charge in [0.1, 0.15) is 11.5 Å². The normalized spacial score (nSPS) is 10.3. The lowest BCUT2D eigenvalue weighted by molar-refractivity contribution is -0.136. The fraction of sp³-hybridized carbons (Fsp3) is 0.188. The Labute approximate surface area is 137 Å². The van der Waals surface area contributed by atoms with Crippen LogP contribution >= 0.6 is 27.5 Å². The summed E-state index contributed by atoms with van der Waals surface area (Å²) in [4.78, 5) is 11.7. The number of ether oxygens (including phenoxy) is 2. The van der Waals surface area contributed by atoms with Crippen molar-refractivity contribution in [2.24, 2.45) is 0 Å². The topological polar surface area (TPSA) is 35.5 Å². The van der Waals surface area contributed by atoms with Crippen LogP contribution in [0.5, 0.6) is 11.5 Å². The average Bonchev–Trinajstić information content (AvgIpc) is 2.45. The summed E-state index contributed by atoms with van der Waals surface area (Å²) in [5, 5.41) is 0.708. The SMILES string of the molecule is Cc1cc(OCC(=O)Oc2ccc(Br)cc2)cc(C)c1Cl. The summed E-state index contributed by atoms with van der Waals surface area (Å²) < 4.78 is 11.5. The zero-order valence-electron chi connectivity index (χ0n) is 11.7. The van der Waals surface area contributed by atoms with Crippen molar-refractivity contribution in [1.82, 2.24) is 0 Å². The molecule has 0 saturated carbocycles. The van der Waals surface area contributed by atoms with E-state index in [-0.39, 0.29) is 6.61 Å². The van der Waals surface area contributed by atoms with Crippen LogP contribution in [0.3, 0.4) is 0 Å². The van der Waals surface area contributed by atoms with Crippen molar-refractivity contribution in [2.45, 2.75) is 13.8 Å². The molecule has 0 saturated heterocycles. The zero-order valence-corrected chi connectivity index (χ0v) is 14.0. The number of carbonyl (C=O) groups is 1. The molecule has 0 aliphatic heterocycles. The van der Waals surface area contributed by atoms with Gasteiger partial charge in [-0.1, -0.05) is 27.5 Å². The Morgan fingerprint density at radius 3 is 2.24 bits per heavy atom. The molecule has 0 unspecified atom stereocenters. The van der Waals surface area contributed by atoms with Gasteiger partial charge in [-0.2, -0.15) is 0 Å². The van der Waals surface area contributed by atoms with Crippen molar-refractivity contribution in [2.75, 3.05) is 6.61 Å². The first-order chi connectivity index (χ1) is 9.95.